The van der Waals surface area contributed by atoms with Crippen LogP contribution in [0.3, 0.4) is 0 Å². The van der Waals surface area contributed by atoms with Crippen LogP contribution in [0.1, 0.15) is 52.9 Å². The number of nitrogens with zero attached hydrogens (tertiary/aromatic N) is 3. The van der Waals surface area contributed by atoms with Gasteiger partial charge in [-0.3, -0.25) is 14.4 Å². The van der Waals surface area contributed by atoms with E-state index in [1.165, 1.54) is 0 Å². The number of hydrogen-bond acceptors (Lipinski definition) is 6. The van der Waals surface area contributed by atoms with Gasteiger partial charge in [-0.25, -0.2) is 0 Å². The standard InChI is InChI=1S/C32H43N3O5S/c1-4-6-18-33-19-11-17-32-26(29(38)35(27(32)30(33)39)20-8-7-9-22-36)25-28(37)34(21-10-16-31(25,3)41-32)23-12-14-24(15-13-23)40-5-2/h10-17,25-27,36H,4-9,18-22H2,1-3H3/t25-,26+,27?,31+,32+/m1/s1. The molecule has 0 radical (unpaired) electrons. The van der Waals surface area contributed by atoms with Crippen LogP contribution in [0, 0.1) is 11.8 Å². The highest BCUT2D eigenvalue weighted by atomic mass is 32.2. The molecule has 0 aromatic heterocycles. The lowest BCUT2D eigenvalue weighted by Gasteiger charge is -2.37. The van der Waals surface area contributed by atoms with Crippen LogP contribution >= 0.6 is 11.8 Å². The summed E-state index contributed by atoms with van der Waals surface area (Å²) in [5, 5.41) is 9.29. The molecule has 41 heavy (non-hydrogen) atoms. The number of rotatable bonds is 11. The zero-order valence-electron chi connectivity index (χ0n) is 24.5. The summed E-state index contributed by atoms with van der Waals surface area (Å²) in [6, 6.07) is 6.87. The number of aliphatic hydroxyl groups is 1. The highest BCUT2D eigenvalue weighted by Gasteiger charge is 2.73. The van der Waals surface area contributed by atoms with E-state index in [4.69, 9.17) is 4.74 Å². The van der Waals surface area contributed by atoms with Crippen molar-refractivity contribution in [2.24, 2.45) is 11.8 Å². The maximum atomic E-state index is 14.5. The van der Waals surface area contributed by atoms with Crippen LogP contribution in [-0.4, -0.2) is 87.6 Å². The quantitative estimate of drug-likeness (QED) is 0.314. The number of benzene rings is 1. The van der Waals surface area contributed by atoms with Crippen LogP contribution < -0.4 is 9.64 Å². The Kier molecular flexibility index (Phi) is 8.85. The average Bonchev–Trinajstić information content (AvgIpc) is 3.22. The van der Waals surface area contributed by atoms with Gasteiger partial charge in [-0.2, -0.15) is 0 Å². The average molecular weight is 582 g/mol. The van der Waals surface area contributed by atoms with Gasteiger partial charge in [0.1, 0.15) is 11.8 Å². The van der Waals surface area contributed by atoms with Crippen molar-refractivity contribution < 1.29 is 24.2 Å². The number of anilines is 1. The first kappa shape index (κ1) is 29.7. The van der Waals surface area contributed by atoms with Crippen LogP contribution in [0.2, 0.25) is 0 Å². The summed E-state index contributed by atoms with van der Waals surface area (Å²) in [5.41, 5.74) is 0.763. The molecule has 2 saturated heterocycles. The predicted octanol–water partition coefficient (Wildman–Crippen LogP) is 4.04. The topological polar surface area (TPSA) is 90.4 Å². The van der Waals surface area contributed by atoms with Crippen LogP contribution in [0.25, 0.3) is 0 Å². The first-order chi connectivity index (χ1) is 19.8. The van der Waals surface area contributed by atoms with E-state index in [1.807, 2.05) is 48.2 Å². The minimum Gasteiger partial charge on any atom is -0.494 e. The Bertz CT molecular complexity index is 1200. The number of likely N-dealkylation sites (tertiary alicyclic amines) is 1. The normalized spacial score (nSPS) is 30.8. The highest BCUT2D eigenvalue weighted by molar-refractivity contribution is 8.02. The van der Waals surface area contributed by atoms with Crippen molar-refractivity contribution in [2.45, 2.75) is 68.4 Å². The molecular weight excluding hydrogens is 538 g/mol. The van der Waals surface area contributed by atoms with Crippen LogP contribution in [0.5, 0.6) is 5.75 Å². The Hall–Kier alpha value is -2.78. The van der Waals surface area contributed by atoms with Gasteiger partial charge in [0.25, 0.3) is 0 Å². The van der Waals surface area contributed by atoms with E-state index in [9.17, 15) is 19.5 Å². The second-order valence-electron chi connectivity index (χ2n) is 11.6. The van der Waals surface area contributed by atoms with E-state index in [1.54, 1.807) is 21.6 Å². The highest BCUT2D eigenvalue weighted by Crippen LogP contribution is 2.65. The van der Waals surface area contributed by atoms with Crippen molar-refractivity contribution >= 4 is 35.2 Å². The molecule has 9 heteroatoms. The lowest BCUT2D eigenvalue weighted by molar-refractivity contribution is -0.142. The van der Waals surface area contributed by atoms with Gasteiger partial charge in [0.05, 0.1) is 23.2 Å². The Morgan fingerprint density at radius 2 is 1.66 bits per heavy atom. The van der Waals surface area contributed by atoms with E-state index in [0.29, 0.717) is 45.6 Å². The lowest BCUT2D eigenvalue weighted by atomic mass is 9.74. The largest absolute Gasteiger partial charge is 0.494 e. The molecule has 1 spiro atoms. The van der Waals surface area contributed by atoms with Gasteiger partial charge in [0.15, 0.2) is 0 Å². The summed E-state index contributed by atoms with van der Waals surface area (Å²) < 4.78 is 4.14. The fourth-order valence-electron chi connectivity index (χ4n) is 7.05. The summed E-state index contributed by atoms with van der Waals surface area (Å²) in [6.07, 6.45) is 12.3. The van der Waals surface area contributed by atoms with Crippen molar-refractivity contribution in [3.05, 3.63) is 48.6 Å². The first-order valence-electron chi connectivity index (χ1n) is 15.1. The van der Waals surface area contributed by atoms with Gasteiger partial charge < -0.3 is 24.5 Å². The molecule has 0 bridgehead atoms. The molecule has 0 saturated carbocycles. The van der Waals surface area contributed by atoms with E-state index < -0.39 is 27.4 Å². The van der Waals surface area contributed by atoms with Gasteiger partial charge >= 0.3 is 0 Å². The molecule has 3 amide bonds. The van der Waals surface area contributed by atoms with Crippen LogP contribution in [0.15, 0.2) is 48.6 Å². The number of thioether (sulfide) groups is 1. The molecule has 2 fully saturated rings. The van der Waals surface area contributed by atoms with Crippen molar-refractivity contribution in [1.29, 1.82) is 0 Å². The molecule has 1 N–H and O–H groups in total. The summed E-state index contributed by atoms with van der Waals surface area (Å²) in [7, 11) is 0. The number of ether oxygens (including phenoxy) is 1. The van der Waals surface area contributed by atoms with Gasteiger partial charge in [-0.1, -0.05) is 37.6 Å². The summed E-state index contributed by atoms with van der Waals surface area (Å²) >= 11 is 1.63. The minimum atomic E-state index is -0.826. The smallest absolute Gasteiger partial charge is 0.247 e. The second kappa shape index (κ2) is 12.2. The van der Waals surface area contributed by atoms with E-state index in [-0.39, 0.29) is 24.3 Å². The third-order valence-electron chi connectivity index (χ3n) is 8.94. The maximum absolute atomic E-state index is 14.5. The second-order valence-corrected chi connectivity index (χ2v) is 13.4. The third kappa shape index (κ3) is 5.20. The fourth-order valence-corrected chi connectivity index (χ4v) is 9.21. The number of carbonyl (C=O) groups excluding carboxylic acids is 3. The molecule has 4 aliphatic heterocycles. The van der Waals surface area contributed by atoms with Gasteiger partial charge in [-0.05, 0) is 63.8 Å². The number of amides is 3. The Morgan fingerprint density at radius 1 is 0.902 bits per heavy atom. The maximum Gasteiger partial charge on any atom is 0.247 e. The molecule has 1 aromatic carbocycles. The summed E-state index contributed by atoms with van der Waals surface area (Å²) in [5.74, 6) is -0.727. The Morgan fingerprint density at radius 3 is 2.37 bits per heavy atom. The molecule has 1 aromatic rings. The van der Waals surface area contributed by atoms with E-state index in [0.717, 1.165) is 30.7 Å². The predicted molar refractivity (Wildman–Crippen MR) is 162 cm³/mol. The van der Waals surface area contributed by atoms with E-state index >= 15 is 0 Å². The van der Waals surface area contributed by atoms with Gasteiger partial charge in [0.2, 0.25) is 17.7 Å². The molecule has 5 rings (SSSR count). The first-order valence-corrected chi connectivity index (χ1v) is 15.9. The molecule has 4 aliphatic rings. The van der Waals surface area contributed by atoms with Gasteiger partial charge in [0, 0.05) is 43.2 Å². The fraction of sp³-hybridized carbons (Fsp3) is 0.594. The summed E-state index contributed by atoms with van der Waals surface area (Å²) in [6.45, 7) is 8.80. The zero-order chi connectivity index (χ0) is 29.2. The van der Waals surface area contributed by atoms with Crippen molar-refractivity contribution in [3.8, 4) is 5.75 Å². The molecule has 8 nitrogen and oxygen atoms in total. The SMILES string of the molecule is CCCCN1CC=C[C@]23S[C@@]4(C)C=CCN(c5ccc(OCC)cc5)C(=O)[C@H]4[C@H]2C(=O)N(CCCCCO)C3C1=O. The number of hydrogen-bond donors (Lipinski definition) is 1. The van der Waals surface area contributed by atoms with Crippen molar-refractivity contribution in [1.82, 2.24) is 9.80 Å². The molecule has 4 heterocycles. The monoisotopic (exact) mass is 581 g/mol. The minimum absolute atomic E-state index is 0.0196. The lowest BCUT2D eigenvalue weighted by Crippen LogP contribution is -2.53. The molecular formula is C32H43N3O5S. The number of aliphatic hydroxyl groups excluding tert-OH is 1. The molecule has 1 unspecified atom stereocenters. The Labute approximate surface area is 247 Å². The molecule has 0 aliphatic carbocycles. The van der Waals surface area contributed by atoms with Crippen molar-refractivity contribution in [2.75, 3.05) is 44.3 Å². The van der Waals surface area contributed by atoms with Crippen LogP contribution in [0.4, 0.5) is 5.69 Å². The molecule has 5 atom stereocenters. The number of unbranched alkanes of at least 4 members (excludes halogenated alkanes) is 3. The van der Waals surface area contributed by atoms with Crippen molar-refractivity contribution in [3.63, 3.8) is 0 Å². The zero-order valence-corrected chi connectivity index (χ0v) is 25.3. The van der Waals surface area contributed by atoms with Crippen LogP contribution in [-0.2, 0) is 14.4 Å². The van der Waals surface area contributed by atoms with Gasteiger partial charge in [-0.15, -0.1) is 11.8 Å². The number of carbonyl (C=O) groups is 3. The molecule has 222 valence electrons. The van der Waals surface area contributed by atoms with E-state index in [2.05, 4.69) is 26.0 Å². The Balaban J connectivity index is 1.54. The summed E-state index contributed by atoms with van der Waals surface area (Å²) in [4.78, 5) is 48.6. The third-order valence-corrected chi connectivity index (χ3v) is 10.7. The number of fused-ring (bicyclic) bond motifs is 2.